The fourth-order valence-corrected chi connectivity index (χ4v) is 8.70. The van der Waals surface area contributed by atoms with Crippen LogP contribution < -0.4 is 12.4 Å². The van der Waals surface area contributed by atoms with Gasteiger partial charge in [0.05, 0.1) is 31.8 Å². The van der Waals surface area contributed by atoms with Gasteiger partial charge >= 0.3 is 12.1 Å². The lowest BCUT2D eigenvalue weighted by atomic mass is 9.85. The zero-order valence-electron chi connectivity index (χ0n) is 28.7. The van der Waals surface area contributed by atoms with Crippen LogP contribution in [0.1, 0.15) is 134 Å². The highest BCUT2D eigenvalue weighted by molar-refractivity contribution is 5.88. The summed E-state index contributed by atoms with van der Waals surface area (Å²) in [5.74, 6) is -0.536. The molecule has 0 saturated carbocycles. The Labute approximate surface area is 289 Å². The number of benzene rings is 2. The van der Waals surface area contributed by atoms with Crippen molar-refractivity contribution in [3.63, 3.8) is 0 Å². The second kappa shape index (κ2) is 18.8. The molecule has 2 unspecified atom stereocenters. The van der Waals surface area contributed by atoms with Crippen LogP contribution in [0.3, 0.4) is 0 Å². The molecule has 2 aromatic carbocycles. The average molecular weight is 668 g/mol. The summed E-state index contributed by atoms with van der Waals surface area (Å²) in [6.45, 7) is 5.07. The van der Waals surface area contributed by atoms with E-state index in [0.717, 1.165) is 32.1 Å². The van der Waals surface area contributed by atoms with E-state index in [-0.39, 0.29) is 25.1 Å². The van der Waals surface area contributed by atoms with Gasteiger partial charge in [0.2, 0.25) is 0 Å². The molecule has 3 heterocycles. The van der Waals surface area contributed by atoms with Gasteiger partial charge in [0.1, 0.15) is 6.10 Å². The molecule has 3 fully saturated rings. The molecule has 2 aromatic rings. The van der Waals surface area contributed by atoms with Crippen molar-refractivity contribution < 1.29 is 40.7 Å². The molecule has 0 aliphatic carbocycles. The van der Waals surface area contributed by atoms with E-state index in [2.05, 4.69) is 6.92 Å². The maximum absolute atomic E-state index is 14.4. The number of quaternary nitrogens is 1. The number of unbranched alkanes of at least 4 members (excludes halogenated alkanes) is 11. The van der Waals surface area contributed by atoms with E-state index in [0.29, 0.717) is 23.2 Å². The summed E-state index contributed by atoms with van der Waals surface area (Å²) in [7, 11) is 0. The van der Waals surface area contributed by atoms with Gasteiger partial charge in [-0.1, -0.05) is 138 Å². The van der Waals surface area contributed by atoms with Crippen LogP contribution in [-0.4, -0.2) is 54.5 Å². The molecule has 0 aromatic heterocycles. The molecule has 260 valence electrons. The number of rotatable bonds is 18. The van der Waals surface area contributed by atoms with Gasteiger partial charge < -0.3 is 31.1 Å². The summed E-state index contributed by atoms with van der Waals surface area (Å²) < 4.78 is 19.4. The fourth-order valence-electron chi connectivity index (χ4n) is 8.70. The first-order valence-corrected chi connectivity index (χ1v) is 18.6. The number of nitrogens with zero attached hydrogens (tertiary/aromatic N) is 1. The Balaban J connectivity index is 0.00000500. The summed E-state index contributed by atoms with van der Waals surface area (Å²) in [6, 6.07) is 19.7. The zero-order chi connectivity index (χ0) is 32.1. The number of hydrogen-bond acceptors (Lipinski definition) is 5. The van der Waals surface area contributed by atoms with E-state index in [4.69, 9.17) is 14.2 Å². The predicted molar refractivity (Wildman–Crippen MR) is 182 cm³/mol. The Morgan fingerprint density at radius 1 is 0.702 bits per heavy atom. The third-order valence-electron chi connectivity index (χ3n) is 11.1. The van der Waals surface area contributed by atoms with Crippen LogP contribution in [0.25, 0.3) is 0 Å². The normalized spacial score (nSPS) is 21.3. The molecule has 2 atom stereocenters. The highest BCUT2D eigenvalue weighted by Crippen LogP contribution is 2.47. The fraction of sp³-hybridized carbons (Fsp3) is 0.650. The van der Waals surface area contributed by atoms with Crippen LogP contribution in [0, 0.1) is 0 Å². The van der Waals surface area contributed by atoms with Crippen LogP contribution in [-0.2, 0) is 24.6 Å². The van der Waals surface area contributed by atoms with Gasteiger partial charge in [-0.2, -0.15) is 0 Å². The Hall–Kier alpha value is -2.57. The highest BCUT2D eigenvalue weighted by atomic mass is 35.5. The van der Waals surface area contributed by atoms with Gasteiger partial charge in [-0.3, -0.25) is 0 Å². The first-order chi connectivity index (χ1) is 22.6. The highest BCUT2D eigenvalue weighted by Gasteiger charge is 2.57. The van der Waals surface area contributed by atoms with Crippen LogP contribution in [0.2, 0.25) is 0 Å². The van der Waals surface area contributed by atoms with Crippen LogP contribution >= 0.6 is 0 Å². The molecule has 3 aliphatic heterocycles. The smallest absolute Gasteiger partial charge is 0.510 e. The molecule has 0 radical (unpaired) electrons. The Morgan fingerprint density at radius 3 is 1.66 bits per heavy atom. The Kier molecular flexibility index (Phi) is 14.9. The van der Waals surface area contributed by atoms with E-state index in [9.17, 15) is 9.59 Å². The van der Waals surface area contributed by atoms with Crippen molar-refractivity contribution in [2.45, 2.75) is 146 Å². The first kappa shape index (κ1) is 37.3. The standard InChI is InChI=1S/C40H58NO5.ClH/c1-2-3-4-5-6-7-8-9-10-11-12-21-30-44-39(43)46-40(33-22-15-13-16-23-33,34-24-17-14-18-25-34)38(42)45-37-31-35-26-27-36(32-37)41(35)28-19-20-29-41;/h13-18,22-25,35-37H,2-12,19-21,26-32H2,1H3;1H/q+1;/p-1. The van der Waals surface area contributed by atoms with E-state index in [1.807, 2.05) is 60.7 Å². The lowest BCUT2D eigenvalue weighted by Crippen LogP contribution is -3.00. The monoisotopic (exact) mass is 667 g/mol. The van der Waals surface area contributed by atoms with Gasteiger partial charge in [0.25, 0.3) is 5.60 Å². The number of ether oxygens (including phenoxy) is 3. The second-order valence-corrected chi connectivity index (χ2v) is 14.1. The zero-order valence-corrected chi connectivity index (χ0v) is 29.5. The molecule has 47 heavy (non-hydrogen) atoms. The SMILES string of the molecule is CCCCCCCCCCCCCCOC(=O)OC(C(=O)OC1CC2CCC(C1)[N+]21CCCC1)(c1ccccc1)c1ccccc1.[Cl-]. The lowest BCUT2D eigenvalue weighted by Gasteiger charge is -2.47. The summed E-state index contributed by atoms with van der Waals surface area (Å²) in [6.07, 6.45) is 20.6. The number of carbonyl (C=O) groups is 2. The molecule has 7 heteroatoms. The van der Waals surface area contributed by atoms with Gasteiger partial charge in [-0.25, -0.2) is 9.59 Å². The number of carbonyl (C=O) groups excluding carboxylic acids is 2. The second-order valence-electron chi connectivity index (χ2n) is 14.1. The molecule has 1 spiro atoms. The Morgan fingerprint density at radius 2 is 1.17 bits per heavy atom. The first-order valence-electron chi connectivity index (χ1n) is 18.6. The average Bonchev–Trinajstić information content (AvgIpc) is 3.63. The molecule has 2 bridgehead atoms. The van der Waals surface area contributed by atoms with E-state index in [1.54, 1.807) is 0 Å². The molecule has 0 N–H and O–H groups in total. The number of piperidine rings is 1. The molecule has 3 aliphatic rings. The van der Waals surface area contributed by atoms with Gasteiger partial charge in [-0.15, -0.1) is 0 Å². The van der Waals surface area contributed by atoms with Gasteiger partial charge in [0, 0.05) is 49.7 Å². The van der Waals surface area contributed by atoms with Crippen molar-refractivity contribution in [1.82, 2.24) is 0 Å². The number of halogens is 1. The number of hydrogen-bond donors (Lipinski definition) is 0. The summed E-state index contributed by atoms with van der Waals surface area (Å²) in [4.78, 5) is 27.8. The van der Waals surface area contributed by atoms with Crippen molar-refractivity contribution in [2.75, 3.05) is 19.7 Å². The van der Waals surface area contributed by atoms with E-state index < -0.39 is 17.7 Å². The van der Waals surface area contributed by atoms with E-state index >= 15 is 0 Å². The topological polar surface area (TPSA) is 61.8 Å². The van der Waals surface area contributed by atoms with Crippen molar-refractivity contribution in [2.24, 2.45) is 0 Å². The maximum Gasteiger partial charge on any atom is 0.510 e. The van der Waals surface area contributed by atoms with Crippen LogP contribution in [0.4, 0.5) is 4.79 Å². The van der Waals surface area contributed by atoms with Crippen molar-refractivity contribution in [3.05, 3.63) is 71.8 Å². The van der Waals surface area contributed by atoms with E-state index in [1.165, 1.54) is 101 Å². The van der Waals surface area contributed by atoms with Crippen molar-refractivity contribution >= 4 is 12.1 Å². The van der Waals surface area contributed by atoms with Gasteiger partial charge in [-0.05, 0) is 6.42 Å². The molecule has 3 saturated heterocycles. The Bertz CT molecular complexity index is 1150. The quantitative estimate of drug-likeness (QED) is 0.101. The summed E-state index contributed by atoms with van der Waals surface area (Å²) in [5, 5.41) is 0. The maximum atomic E-state index is 14.4. The largest absolute Gasteiger partial charge is 1.00 e. The third-order valence-corrected chi connectivity index (χ3v) is 11.1. The molecule has 5 rings (SSSR count). The number of esters is 1. The van der Waals surface area contributed by atoms with Crippen molar-refractivity contribution in [3.8, 4) is 0 Å². The minimum absolute atomic E-state index is 0. The molecule has 0 amide bonds. The predicted octanol–water partition coefficient (Wildman–Crippen LogP) is 6.64. The van der Waals surface area contributed by atoms with Gasteiger partial charge in [0.15, 0.2) is 0 Å². The minimum atomic E-state index is -1.74. The van der Waals surface area contributed by atoms with Crippen LogP contribution in [0.15, 0.2) is 60.7 Å². The lowest BCUT2D eigenvalue weighted by molar-refractivity contribution is -0.956. The van der Waals surface area contributed by atoms with Crippen molar-refractivity contribution in [1.29, 1.82) is 0 Å². The summed E-state index contributed by atoms with van der Waals surface area (Å²) in [5.41, 5.74) is -0.613. The minimum Gasteiger partial charge on any atom is -1.00 e. The molecular weight excluding hydrogens is 610 g/mol. The van der Waals surface area contributed by atoms with Crippen LogP contribution in [0.5, 0.6) is 0 Å². The molecular formula is C40H58ClNO5. The third kappa shape index (κ3) is 9.32. The molecule has 6 nitrogen and oxygen atoms in total. The summed E-state index contributed by atoms with van der Waals surface area (Å²) >= 11 is 0.